The summed E-state index contributed by atoms with van der Waals surface area (Å²) in [6, 6.07) is 6.61. The fourth-order valence-corrected chi connectivity index (χ4v) is 2.69. The fourth-order valence-electron chi connectivity index (χ4n) is 2.18. The monoisotopic (exact) mass is 467 g/mol. The second kappa shape index (κ2) is 10.5. The molecular weight excluding hydrogens is 443 g/mol. The molecule has 0 aliphatic rings. The number of ether oxygens (including phenoxy) is 2. The normalized spacial score (nSPS) is 13.8. The molecule has 31 heavy (non-hydrogen) atoms. The van der Waals surface area contributed by atoms with E-state index >= 15 is 0 Å². The van der Waals surface area contributed by atoms with E-state index in [-0.39, 0.29) is 13.0 Å². The van der Waals surface area contributed by atoms with Crippen molar-refractivity contribution < 1.29 is 44.8 Å². The van der Waals surface area contributed by atoms with E-state index in [9.17, 15) is 31.2 Å². The quantitative estimate of drug-likeness (QED) is 0.205. The third-order valence-electron chi connectivity index (χ3n) is 3.35. The highest BCUT2D eigenvalue weighted by Crippen LogP contribution is 2.28. The van der Waals surface area contributed by atoms with Gasteiger partial charge in [0.15, 0.2) is 0 Å². The predicted molar refractivity (Wildman–Crippen MR) is 104 cm³/mol. The zero-order chi connectivity index (χ0) is 23.9. The minimum atomic E-state index is -6.13. The van der Waals surface area contributed by atoms with Gasteiger partial charge < -0.3 is 19.0 Å². The van der Waals surface area contributed by atoms with Crippen molar-refractivity contribution in [2.45, 2.75) is 51.3 Å². The van der Waals surface area contributed by atoms with Gasteiger partial charge in [-0.3, -0.25) is 0 Å². The van der Waals surface area contributed by atoms with E-state index in [1.54, 1.807) is 51.1 Å². The first kappa shape index (κ1) is 26.3. The molecule has 0 radical (unpaired) electrons. The van der Waals surface area contributed by atoms with E-state index in [4.69, 9.17) is 4.74 Å². The highest BCUT2D eigenvalue weighted by Gasteiger charge is 2.49. The second-order valence-electron chi connectivity index (χ2n) is 7.17. The number of hydrogen-bond donors (Lipinski definition) is 1. The van der Waals surface area contributed by atoms with Gasteiger partial charge in [-0.05, 0) is 33.3 Å². The van der Waals surface area contributed by atoms with Gasteiger partial charge in [0.05, 0.1) is 18.7 Å². The van der Waals surface area contributed by atoms with Gasteiger partial charge in [0, 0.05) is 6.42 Å². The number of rotatable bonds is 8. The molecule has 0 aliphatic carbocycles. The number of amides is 1. The van der Waals surface area contributed by atoms with Crippen molar-refractivity contribution >= 4 is 22.2 Å². The summed E-state index contributed by atoms with van der Waals surface area (Å²) < 4.78 is 75.8. The molecule has 12 heteroatoms. The molecule has 0 aromatic heterocycles. The SMILES string of the molecule is CCOC(=O)/C=C(\OS(=O)(=O)C(F)(F)F)[C@H](Cc1ccccc1)NC(=O)OC(C)(C)C. The number of hydrogen-bond acceptors (Lipinski definition) is 7. The van der Waals surface area contributed by atoms with Crippen LogP contribution in [0.3, 0.4) is 0 Å². The van der Waals surface area contributed by atoms with E-state index < -0.39 is 45.1 Å². The van der Waals surface area contributed by atoms with Crippen LogP contribution in [0.25, 0.3) is 0 Å². The number of carbonyl (C=O) groups excluding carboxylic acids is 2. The molecule has 0 heterocycles. The Bertz CT molecular complexity index is 891. The molecule has 0 aliphatic heterocycles. The van der Waals surface area contributed by atoms with Crippen LogP contribution in [-0.2, 0) is 35.0 Å². The number of esters is 1. The molecule has 0 saturated carbocycles. The topological polar surface area (TPSA) is 108 Å². The van der Waals surface area contributed by atoms with Gasteiger partial charge in [0.2, 0.25) is 0 Å². The summed E-state index contributed by atoms with van der Waals surface area (Å²) in [6.07, 6.45) is -0.826. The largest absolute Gasteiger partial charge is 0.534 e. The van der Waals surface area contributed by atoms with Crippen LogP contribution in [0, 0.1) is 0 Å². The van der Waals surface area contributed by atoms with E-state index in [1.807, 2.05) is 0 Å². The molecule has 1 aromatic carbocycles. The van der Waals surface area contributed by atoms with Crippen molar-refractivity contribution in [2.75, 3.05) is 6.61 Å². The van der Waals surface area contributed by atoms with Gasteiger partial charge in [-0.25, -0.2) is 9.59 Å². The molecule has 1 aromatic rings. The van der Waals surface area contributed by atoms with Crippen LogP contribution in [-0.4, -0.2) is 44.2 Å². The Morgan fingerprint density at radius 2 is 1.71 bits per heavy atom. The maximum absolute atomic E-state index is 12.9. The summed E-state index contributed by atoms with van der Waals surface area (Å²) in [7, 11) is -6.13. The molecule has 0 unspecified atom stereocenters. The van der Waals surface area contributed by atoms with Crippen LogP contribution in [0.1, 0.15) is 33.3 Å². The Balaban J connectivity index is 3.39. The maximum Gasteiger partial charge on any atom is 0.534 e. The van der Waals surface area contributed by atoms with Crippen LogP contribution < -0.4 is 5.32 Å². The van der Waals surface area contributed by atoms with Crippen LogP contribution in [0.5, 0.6) is 0 Å². The van der Waals surface area contributed by atoms with Crippen molar-refractivity contribution in [3.05, 3.63) is 47.7 Å². The Morgan fingerprint density at radius 3 is 2.19 bits per heavy atom. The van der Waals surface area contributed by atoms with E-state index in [1.165, 1.54) is 6.92 Å². The van der Waals surface area contributed by atoms with Crippen LogP contribution in [0.15, 0.2) is 42.2 Å². The third kappa shape index (κ3) is 9.28. The molecule has 0 spiro atoms. The Hall–Kier alpha value is -2.76. The fraction of sp³-hybridized carbons (Fsp3) is 0.474. The molecule has 1 rings (SSSR count). The Kier molecular flexibility index (Phi) is 8.91. The third-order valence-corrected chi connectivity index (χ3v) is 4.33. The summed E-state index contributed by atoms with van der Waals surface area (Å²) in [6.45, 7) is 5.98. The summed E-state index contributed by atoms with van der Waals surface area (Å²) in [4.78, 5) is 24.1. The van der Waals surface area contributed by atoms with Crippen molar-refractivity contribution in [2.24, 2.45) is 0 Å². The molecule has 1 atom stereocenters. The summed E-state index contributed by atoms with van der Waals surface area (Å²) in [5, 5.41) is 2.25. The highest BCUT2D eigenvalue weighted by molar-refractivity contribution is 7.87. The van der Waals surface area contributed by atoms with Crippen LogP contribution in [0.4, 0.5) is 18.0 Å². The minimum absolute atomic E-state index is 0.127. The first-order valence-electron chi connectivity index (χ1n) is 9.07. The summed E-state index contributed by atoms with van der Waals surface area (Å²) in [5.74, 6) is -2.13. The molecule has 0 bridgehead atoms. The van der Waals surface area contributed by atoms with Crippen LogP contribution >= 0.6 is 0 Å². The first-order chi connectivity index (χ1) is 14.1. The van der Waals surface area contributed by atoms with Gasteiger partial charge in [-0.15, -0.1) is 0 Å². The molecule has 174 valence electrons. The Labute approximate surface area is 178 Å². The maximum atomic E-state index is 12.9. The van der Waals surface area contributed by atoms with Gasteiger partial charge in [0.25, 0.3) is 0 Å². The lowest BCUT2D eigenvalue weighted by atomic mass is 10.0. The predicted octanol–water partition coefficient (Wildman–Crippen LogP) is 3.44. The molecule has 0 saturated heterocycles. The molecule has 1 amide bonds. The van der Waals surface area contributed by atoms with E-state index in [0.29, 0.717) is 11.6 Å². The second-order valence-corrected chi connectivity index (χ2v) is 8.71. The van der Waals surface area contributed by atoms with Gasteiger partial charge in [-0.1, -0.05) is 30.3 Å². The van der Waals surface area contributed by atoms with Gasteiger partial charge in [-0.2, -0.15) is 21.6 Å². The van der Waals surface area contributed by atoms with E-state index in [0.717, 1.165) is 0 Å². The molecule has 8 nitrogen and oxygen atoms in total. The highest BCUT2D eigenvalue weighted by atomic mass is 32.2. The number of halogens is 3. The average Bonchev–Trinajstić information content (AvgIpc) is 2.59. The smallest absolute Gasteiger partial charge is 0.463 e. The number of carbonyl (C=O) groups is 2. The lowest BCUT2D eigenvalue weighted by Gasteiger charge is -2.25. The zero-order valence-electron chi connectivity index (χ0n) is 17.4. The van der Waals surface area contributed by atoms with Crippen molar-refractivity contribution in [3.63, 3.8) is 0 Å². The van der Waals surface area contributed by atoms with Crippen molar-refractivity contribution in [1.29, 1.82) is 0 Å². The first-order valence-corrected chi connectivity index (χ1v) is 10.5. The lowest BCUT2D eigenvalue weighted by molar-refractivity contribution is -0.137. The number of benzene rings is 1. The zero-order valence-corrected chi connectivity index (χ0v) is 18.2. The number of nitrogens with one attached hydrogen (secondary N) is 1. The lowest BCUT2D eigenvalue weighted by Crippen LogP contribution is -2.43. The minimum Gasteiger partial charge on any atom is -0.463 e. The molecular formula is C19H24F3NO7S. The Morgan fingerprint density at radius 1 is 1.13 bits per heavy atom. The van der Waals surface area contributed by atoms with Crippen molar-refractivity contribution in [3.8, 4) is 0 Å². The number of alkyl carbamates (subject to hydrolysis) is 1. The van der Waals surface area contributed by atoms with Gasteiger partial charge in [0.1, 0.15) is 11.4 Å². The number of alkyl halides is 3. The van der Waals surface area contributed by atoms with Crippen molar-refractivity contribution in [1.82, 2.24) is 5.32 Å². The van der Waals surface area contributed by atoms with E-state index in [2.05, 4.69) is 14.2 Å². The summed E-state index contributed by atoms with van der Waals surface area (Å²) >= 11 is 0. The molecule has 0 fully saturated rings. The summed E-state index contributed by atoms with van der Waals surface area (Å²) in [5.41, 5.74) is -6.21. The molecule has 1 N–H and O–H groups in total. The average molecular weight is 467 g/mol. The van der Waals surface area contributed by atoms with Crippen LogP contribution in [0.2, 0.25) is 0 Å². The van der Waals surface area contributed by atoms with Gasteiger partial charge >= 0.3 is 27.7 Å². The standard InChI is InChI=1S/C19H24F3NO7S/c1-5-28-16(24)12-15(30-31(26,27)19(20,21)22)14(11-13-9-7-6-8-10-13)23-17(25)29-18(2,3)4/h6-10,12,14H,5,11H2,1-4H3,(H,23,25)/b15-12-/t14-/m0/s1.